The van der Waals surface area contributed by atoms with Crippen LogP contribution in [0.25, 0.3) is 6.08 Å². The zero-order chi connectivity index (χ0) is 16.9. The maximum atomic E-state index is 12.8. The molecule has 1 aromatic carbocycles. The van der Waals surface area contributed by atoms with Crippen LogP contribution >= 0.6 is 0 Å². The third kappa shape index (κ3) is 5.07. The van der Waals surface area contributed by atoms with Crippen LogP contribution in [0.5, 0.6) is 0 Å². The van der Waals surface area contributed by atoms with Gasteiger partial charge in [0.15, 0.2) is 0 Å². The van der Waals surface area contributed by atoms with Crippen LogP contribution in [0.3, 0.4) is 0 Å². The van der Waals surface area contributed by atoms with Crippen LogP contribution in [0.2, 0.25) is 0 Å². The molecule has 0 saturated carbocycles. The summed E-state index contributed by atoms with van der Waals surface area (Å²) < 4.78 is 18.2. The molecule has 0 saturated heterocycles. The smallest absolute Gasteiger partial charge is 0.223 e. The minimum absolute atomic E-state index is 0.0587. The fourth-order valence-corrected chi connectivity index (χ4v) is 2.03. The van der Waals surface area contributed by atoms with E-state index in [9.17, 15) is 14.3 Å². The second-order valence-corrected chi connectivity index (χ2v) is 5.62. The zero-order valence-corrected chi connectivity index (χ0v) is 13.2. The lowest BCUT2D eigenvalue weighted by Crippen LogP contribution is -2.38. The van der Waals surface area contributed by atoms with E-state index < -0.39 is 5.60 Å². The quantitative estimate of drug-likeness (QED) is 0.860. The molecule has 23 heavy (non-hydrogen) atoms. The molecule has 0 bridgehead atoms. The van der Waals surface area contributed by atoms with E-state index in [0.29, 0.717) is 11.5 Å². The second kappa shape index (κ2) is 7.24. The number of aryl methyl sites for hydroxylation is 1. The number of hydrogen-bond acceptors (Lipinski definition) is 3. The topological polar surface area (TPSA) is 62.5 Å². The summed E-state index contributed by atoms with van der Waals surface area (Å²) in [6.45, 7) is 3.43. The number of hydrogen-bond donors (Lipinski definition) is 2. The molecule has 1 amide bonds. The molecule has 2 aromatic rings. The van der Waals surface area contributed by atoms with Crippen LogP contribution in [-0.4, -0.2) is 17.6 Å². The summed E-state index contributed by atoms with van der Waals surface area (Å²) >= 11 is 0. The van der Waals surface area contributed by atoms with Crippen molar-refractivity contribution < 1.29 is 18.7 Å². The molecule has 0 fully saturated rings. The summed E-state index contributed by atoms with van der Waals surface area (Å²) in [5.41, 5.74) is -0.442. The number of rotatable bonds is 6. The van der Waals surface area contributed by atoms with Gasteiger partial charge in [-0.25, -0.2) is 4.39 Å². The molecule has 0 aliphatic carbocycles. The van der Waals surface area contributed by atoms with Crippen LogP contribution in [0, 0.1) is 12.7 Å². The normalized spacial score (nSPS) is 13.9. The monoisotopic (exact) mass is 317 g/mol. The van der Waals surface area contributed by atoms with E-state index in [2.05, 4.69) is 5.32 Å². The highest BCUT2D eigenvalue weighted by atomic mass is 19.1. The van der Waals surface area contributed by atoms with Gasteiger partial charge in [0.2, 0.25) is 5.91 Å². The first-order valence-electron chi connectivity index (χ1n) is 7.35. The maximum Gasteiger partial charge on any atom is 0.223 e. The van der Waals surface area contributed by atoms with Crippen molar-refractivity contribution in [2.75, 3.05) is 6.54 Å². The third-order valence-corrected chi connectivity index (χ3v) is 3.38. The number of carbonyl (C=O) groups is 1. The van der Waals surface area contributed by atoms with Crippen molar-refractivity contribution in [3.8, 4) is 0 Å². The number of carbonyl (C=O) groups excluding carboxylic acids is 1. The van der Waals surface area contributed by atoms with Gasteiger partial charge in [0.1, 0.15) is 22.9 Å². The van der Waals surface area contributed by atoms with Crippen molar-refractivity contribution in [3.63, 3.8) is 0 Å². The van der Waals surface area contributed by atoms with Gasteiger partial charge in [0.05, 0.1) is 6.54 Å². The van der Waals surface area contributed by atoms with Crippen LogP contribution in [0.4, 0.5) is 4.39 Å². The second-order valence-electron chi connectivity index (χ2n) is 5.62. The van der Waals surface area contributed by atoms with Gasteiger partial charge < -0.3 is 14.8 Å². The molecular weight excluding hydrogens is 297 g/mol. The van der Waals surface area contributed by atoms with Crippen molar-refractivity contribution >= 4 is 12.0 Å². The van der Waals surface area contributed by atoms with Gasteiger partial charge in [-0.15, -0.1) is 0 Å². The molecule has 0 spiro atoms. The Morgan fingerprint density at radius 2 is 2.00 bits per heavy atom. The largest absolute Gasteiger partial charge is 0.463 e. The number of amides is 1. The van der Waals surface area contributed by atoms with E-state index in [1.54, 1.807) is 50.3 Å². The average molecular weight is 317 g/mol. The SMILES string of the molecule is Cc1ccc(C(C)(O)CNC(=O)CC=Cc2ccc(F)cc2)o1. The highest BCUT2D eigenvalue weighted by Gasteiger charge is 2.27. The molecule has 4 nitrogen and oxygen atoms in total. The van der Waals surface area contributed by atoms with E-state index in [4.69, 9.17) is 4.42 Å². The summed E-state index contributed by atoms with van der Waals surface area (Å²) in [6, 6.07) is 9.44. The lowest BCUT2D eigenvalue weighted by atomic mass is 10.0. The lowest BCUT2D eigenvalue weighted by Gasteiger charge is -2.21. The predicted molar refractivity (Wildman–Crippen MR) is 86.1 cm³/mol. The van der Waals surface area contributed by atoms with Crippen molar-refractivity contribution in [2.45, 2.75) is 25.9 Å². The third-order valence-electron chi connectivity index (χ3n) is 3.38. The van der Waals surface area contributed by atoms with Crippen LogP contribution in [0.15, 0.2) is 46.9 Å². The van der Waals surface area contributed by atoms with E-state index in [1.165, 1.54) is 12.1 Å². The van der Waals surface area contributed by atoms with Crippen LogP contribution in [-0.2, 0) is 10.4 Å². The highest BCUT2D eigenvalue weighted by Crippen LogP contribution is 2.21. The minimum Gasteiger partial charge on any atom is -0.463 e. The van der Waals surface area contributed by atoms with Gasteiger partial charge in [-0.2, -0.15) is 0 Å². The van der Waals surface area contributed by atoms with E-state index in [-0.39, 0.29) is 24.7 Å². The molecule has 1 aromatic heterocycles. The van der Waals surface area contributed by atoms with Crippen LogP contribution < -0.4 is 5.32 Å². The van der Waals surface area contributed by atoms with Gasteiger partial charge in [0.25, 0.3) is 0 Å². The summed E-state index contributed by atoms with van der Waals surface area (Å²) in [5.74, 6) is 0.605. The first kappa shape index (κ1) is 17.0. The first-order valence-corrected chi connectivity index (χ1v) is 7.35. The molecule has 1 atom stereocenters. The van der Waals surface area contributed by atoms with Crippen molar-refractivity contribution in [2.24, 2.45) is 0 Å². The molecule has 5 heteroatoms. The standard InChI is InChI=1S/C18H20FNO3/c1-13-6-11-16(23-13)18(2,22)12-20-17(21)5-3-4-14-7-9-15(19)10-8-14/h3-4,6-11,22H,5,12H2,1-2H3,(H,20,21). The van der Waals surface area contributed by atoms with E-state index in [0.717, 1.165) is 5.56 Å². The first-order chi connectivity index (χ1) is 10.9. The number of nitrogens with one attached hydrogen (secondary N) is 1. The molecule has 2 rings (SSSR count). The Kier molecular flexibility index (Phi) is 5.34. The number of aliphatic hydroxyl groups is 1. The van der Waals surface area contributed by atoms with Gasteiger partial charge in [0, 0.05) is 6.42 Å². The maximum absolute atomic E-state index is 12.8. The molecule has 122 valence electrons. The van der Waals surface area contributed by atoms with Crippen molar-refractivity contribution in [1.29, 1.82) is 0 Å². The Morgan fingerprint density at radius 1 is 1.30 bits per heavy atom. The predicted octanol–water partition coefficient (Wildman–Crippen LogP) is 3.15. The molecule has 0 radical (unpaired) electrons. The van der Waals surface area contributed by atoms with E-state index >= 15 is 0 Å². The molecule has 1 heterocycles. The molecule has 1 unspecified atom stereocenters. The summed E-state index contributed by atoms with van der Waals surface area (Å²) in [7, 11) is 0. The fraction of sp³-hybridized carbons (Fsp3) is 0.278. The van der Waals surface area contributed by atoms with Gasteiger partial charge in [-0.3, -0.25) is 4.79 Å². The highest BCUT2D eigenvalue weighted by molar-refractivity contribution is 5.78. The Morgan fingerprint density at radius 3 is 2.61 bits per heavy atom. The number of halogens is 1. The van der Waals surface area contributed by atoms with Crippen LogP contribution in [0.1, 0.15) is 30.4 Å². The zero-order valence-electron chi connectivity index (χ0n) is 13.2. The molecule has 2 N–H and O–H groups in total. The van der Waals surface area contributed by atoms with Crippen molar-refractivity contribution in [1.82, 2.24) is 5.32 Å². The summed E-state index contributed by atoms with van der Waals surface area (Å²) in [5, 5.41) is 13.0. The Hall–Kier alpha value is -2.40. The molecule has 0 aliphatic rings. The Balaban J connectivity index is 1.81. The van der Waals surface area contributed by atoms with Gasteiger partial charge >= 0.3 is 0 Å². The number of benzene rings is 1. The molecular formula is C18H20FNO3. The summed E-state index contributed by atoms with van der Waals surface area (Å²) in [6.07, 6.45) is 3.60. The number of furan rings is 1. The summed E-state index contributed by atoms with van der Waals surface area (Å²) in [4.78, 5) is 11.8. The Labute approximate surface area is 134 Å². The Bertz CT molecular complexity index is 687. The minimum atomic E-state index is -1.26. The fourth-order valence-electron chi connectivity index (χ4n) is 2.03. The van der Waals surface area contributed by atoms with Crippen molar-refractivity contribution in [3.05, 3.63) is 65.4 Å². The van der Waals surface area contributed by atoms with Gasteiger partial charge in [-0.05, 0) is 43.7 Å². The lowest BCUT2D eigenvalue weighted by molar-refractivity contribution is -0.121. The van der Waals surface area contributed by atoms with Gasteiger partial charge in [-0.1, -0.05) is 24.3 Å². The van der Waals surface area contributed by atoms with E-state index in [1.807, 2.05) is 0 Å². The average Bonchev–Trinajstić information content (AvgIpc) is 2.95. The molecule has 0 aliphatic heterocycles.